The summed E-state index contributed by atoms with van der Waals surface area (Å²) in [6, 6.07) is 7.90. The maximum Gasteiger partial charge on any atom is 0.149 e. The van der Waals surface area contributed by atoms with Crippen molar-refractivity contribution < 1.29 is 4.39 Å². The molecular weight excluding hydrogens is 322 g/mol. The predicted molar refractivity (Wildman–Crippen MR) is 79.2 cm³/mol. The second kappa shape index (κ2) is 6.23. The Labute approximate surface area is 130 Å². The van der Waals surface area contributed by atoms with Crippen LogP contribution in [0.5, 0.6) is 0 Å². The maximum atomic E-state index is 13.8. The van der Waals surface area contributed by atoms with Crippen molar-refractivity contribution in [3.8, 4) is 6.07 Å². The van der Waals surface area contributed by atoms with Crippen molar-refractivity contribution in [3.05, 3.63) is 62.6 Å². The fourth-order valence-electron chi connectivity index (χ4n) is 1.56. The average molecular weight is 328 g/mol. The summed E-state index contributed by atoms with van der Waals surface area (Å²) < 4.78 is 13.8. The van der Waals surface area contributed by atoms with E-state index in [0.29, 0.717) is 5.56 Å². The molecular formula is C14H6Cl3FN2. The number of allylic oxidation sites excluding steroid dienone is 1. The quantitative estimate of drug-likeness (QED) is 0.558. The number of nitriles is 1. The number of hydrogen-bond acceptors (Lipinski definition) is 2. The van der Waals surface area contributed by atoms with Crippen molar-refractivity contribution in [2.75, 3.05) is 0 Å². The fourth-order valence-corrected chi connectivity index (χ4v) is 2.21. The zero-order valence-electron chi connectivity index (χ0n) is 9.87. The molecule has 0 bridgehead atoms. The van der Waals surface area contributed by atoms with Gasteiger partial charge in [0, 0.05) is 17.3 Å². The number of benzene rings is 1. The Kier molecular flexibility index (Phi) is 4.61. The molecule has 0 radical (unpaired) electrons. The molecule has 2 nitrogen and oxygen atoms in total. The third kappa shape index (κ3) is 3.10. The minimum Gasteiger partial charge on any atom is -0.244 e. The van der Waals surface area contributed by atoms with Crippen LogP contribution in [0, 0.1) is 17.1 Å². The first-order valence-electron chi connectivity index (χ1n) is 5.40. The van der Waals surface area contributed by atoms with Gasteiger partial charge in [-0.15, -0.1) is 0 Å². The Morgan fingerprint density at radius 1 is 1.25 bits per heavy atom. The van der Waals surface area contributed by atoms with E-state index < -0.39 is 5.82 Å². The molecule has 20 heavy (non-hydrogen) atoms. The second-order valence-corrected chi connectivity index (χ2v) is 5.00. The molecule has 0 fully saturated rings. The number of hydrogen-bond donors (Lipinski definition) is 0. The molecule has 0 N–H and O–H groups in total. The van der Waals surface area contributed by atoms with Crippen molar-refractivity contribution in [2.45, 2.75) is 0 Å². The number of aromatic nitrogens is 1. The molecule has 0 unspecified atom stereocenters. The first kappa shape index (κ1) is 14.8. The Hall–Kier alpha value is -1.60. The summed E-state index contributed by atoms with van der Waals surface area (Å²) in [5.74, 6) is -0.597. The zero-order chi connectivity index (χ0) is 14.7. The fraction of sp³-hybridized carbons (Fsp3) is 0. The van der Waals surface area contributed by atoms with Crippen LogP contribution in [0.3, 0.4) is 0 Å². The number of nitrogens with zero attached hydrogens (tertiary/aromatic N) is 2. The Bertz CT molecular complexity index is 736. The highest BCUT2D eigenvalue weighted by Gasteiger charge is 2.10. The molecule has 1 aromatic heterocycles. The van der Waals surface area contributed by atoms with Crippen LogP contribution in [-0.2, 0) is 0 Å². The minimum atomic E-state index is -0.597. The van der Waals surface area contributed by atoms with Gasteiger partial charge < -0.3 is 0 Å². The van der Waals surface area contributed by atoms with Crippen LogP contribution in [0.2, 0.25) is 15.2 Å². The van der Waals surface area contributed by atoms with Gasteiger partial charge >= 0.3 is 0 Å². The predicted octanol–water partition coefficient (Wildman–Crippen LogP) is 5.25. The van der Waals surface area contributed by atoms with E-state index in [0.717, 1.165) is 0 Å². The van der Waals surface area contributed by atoms with E-state index in [2.05, 4.69) is 4.98 Å². The summed E-state index contributed by atoms with van der Waals surface area (Å²) in [7, 11) is 0. The molecule has 6 heteroatoms. The van der Waals surface area contributed by atoms with Gasteiger partial charge in [0.05, 0.1) is 21.7 Å². The molecule has 0 aliphatic heterocycles. The molecule has 0 aliphatic carbocycles. The van der Waals surface area contributed by atoms with Gasteiger partial charge in [0.25, 0.3) is 0 Å². The molecule has 2 aromatic rings. The third-order valence-corrected chi connectivity index (χ3v) is 3.32. The minimum absolute atomic E-state index is 0.0173. The second-order valence-electron chi connectivity index (χ2n) is 3.80. The Morgan fingerprint density at radius 3 is 2.65 bits per heavy atom. The van der Waals surface area contributed by atoms with Gasteiger partial charge in [-0.3, -0.25) is 0 Å². The van der Waals surface area contributed by atoms with Crippen LogP contribution in [-0.4, -0.2) is 4.98 Å². The van der Waals surface area contributed by atoms with Crippen LogP contribution < -0.4 is 0 Å². The molecule has 0 spiro atoms. The van der Waals surface area contributed by atoms with Crippen molar-refractivity contribution in [2.24, 2.45) is 0 Å². The number of halogens is 4. The van der Waals surface area contributed by atoms with Crippen molar-refractivity contribution in [1.29, 1.82) is 5.26 Å². The Morgan fingerprint density at radius 2 is 2.00 bits per heavy atom. The largest absolute Gasteiger partial charge is 0.244 e. The number of pyridine rings is 1. The standard InChI is InChI=1S/C14H6Cl3FN2/c15-11-3-1-2-8(14(11)18)4-9(6-19)10-7-20-13(17)5-12(10)16/h1-5,7H. The van der Waals surface area contributed by atoms with Gasteiger partial charge in [-0.25, -0.2) is 9.37 Å². The molecule has 0 saturated heterocycles. The van der Waals surface area contributed by atoms with Crippen molar-refractivity contribution in [3.63, 3.8) is 0 Å². The monoisotopic (exact) mass is 326 g/mol. The summed E-state index contributed by atoms with van der Waals surface area (Å²) in [6.07, 6.45) is 2.72. The molecule has 0 atom stereocenters. The van der Waals surface area contributed by atoms with Crippen LogP contribution in [0.25, 0.3) is 11.6 Å². The Balaban J connectivity index is 2.55. The molecule has 1 aromatic carbocycles. The highest BCUT2D eigenvalue weighted by molar-refractivity contribution is 6.35. The van der Waals surface area contributed by atoms with Crippen molar-refractivity contribution in [1.82, 2.24) is 4.98 Å². The molecule has 100 valence electrons. The smallest absolute Gasteiger partial charge is 0.149 e. The van der Waals surface area contributed by atoms with E-state index in [1.807, 2.05) is 6.07 Å². The van der Waals surface area contributed by atoms with Crippen LogP contribution in [0.1, 0.15) is 11.1 Å². The maximum absolute atomic E-state index is 13.8. The topological polar surface area (TPSA) is 36.7 Å². The third-order valence-electron chi connectivity index (χ3n) is 2.51. The van der Waals surface area contributed by atoms with E-state index in [-0.39, 0.29) is 26.3 Å². The highest BCUT2D eigenvalue weighted by atomic mass is 35.5. The normalized spacial score (nSPS) is 11.2. The zero-order valence-corrected chi connectivity index (χ0v) is 12.1. The van der Waals surface area contributed by atoms with Crippen LogP contribution in [0.4, 0.5) is 4.39 Å². The molecule has 1 heterocycles. The first-order valence-corrected chi connectivity index (χ1v) is 6.53. The SMILES string of the molecule is N#CC(=Cc1cccc(Cl)c1F)c1cnc(Cl)cc1Cl. The van der Waals surface area contributed by atoms with Gasteiger partial charge in [0.1, 0.15) is 11.0 Å². The molecule has 0 saturated carbocycles. The molecule has 0 aliphatic rings. The summed E-state index contributed by atoms with van der Waals surface area (Å²) in [6.45, 7) is 0. The van der Waals surface area contributed by atoms with E-state index in [1.54, 1.807) is 6.07 Å². The van der Waals surface area contributed by atoms with Gasteiger partial charge in [0.2, 0.25) is 0 Å². The van der Waals surface area contributed by atoms with E-state index in [4.69, 9.17) is 34.8 Å². The number of rotatable bonds is 2. The van der Waals surface area contributed by atoms with E-state index >= 15 is 0 Å². The van der Waals surface area contributed by atoms with Crippen LogP contribution in [0.15, 0.2) is 30.5 Å². The van der Waals surface area contributed by atoms with Gasteiger partial charge in [-0.2, -0.15) is 5.26 Å². The lowest BCUT2D eigenvalue weighted by atomic mass is 10.1. The van der Waals surface area contributed by atoms with Gasteiger partial charge in [-0.05, 0) is 18.2 Å². The highest BCUT2D eigenvalue weighted by Crippen LogP contribution is 2.28. The molecule has 0 amide bonds. The van der Waals surface area contributed by atoms with E-state index in [1.165, 1.54) is 30.5 Å². The van der Waals surface area contributed by atoms with Crippen LogP contribution >= 0.6 is 34.8 Å². The summed E-state index contributed by atoms with van der Waals surface area (Å²) >= 11 is 17.4. The van der Waals surface area contributed by atoms with Gasteiger partial charge in [-0.1, -0.05) is 46.9 Å². The first-order chi connectivity index (χ1) is 9.52. The lowest BCUT2D eigenvalue weighted by molar-refractivity contribution is 0.625. The summed E-state index contributed by atoms with van der Waals surface area (Å²) in [4.78, 5) is 3.86. The summed E-state index contributed by atoms with van der Waals surface area (Å²) in [5, 5.41) is 9.66. The van der Waals surface area contributed by atoms with Gasteiger partial charge in [0.15, 0.2) is 0 Å². The molecule has 2 rings (SSSR count). The lowest BCUT2D eigenvalue weighted by Gasteiger charge is -2.04. The average Bonchev–Trinajstić information content (AvgIpc) is 2.41. The summed E-state index contributed by atoms with van der Waals surface area (Å²) in [5.41, 5.74) is 0.735. The lowest BCUT2D eigenvalue weighted by Crippen LogP contribution is -1.89. The van der Waals surface area contributed by atoms with E-state index in [9.17, 15) is 9.65 Å². The van der Waals surface area contributed by atoms with Crippen molar-refractivity contribution >= 4 is 46.5 Å².